The van der Waals surface area contributed by atoms with Crippen LogP contribution in [0, 0.1) is 0 Å². The van der Waals surface area contributed by atoms with E-state index >= 15 is 0 Å². The van der Waals surface area contributed by atoms with Crippen LogP contribution in [-0.2, 0) is 10.7 Å². The molecule has 0 amide bonds. The van der Waals surface area contributed by atoms with Crippen molar-refractivity contribution in [3.63, 3.8) is 0 Å². The Bertz CT molecular complexity index is 605. The van der Waals surface area contributed by atoms with Crippen LogP contribution in [0.1, 0.15) is 38.3 Å². The Balaban J connectivity index is 2.17. The van der Waals surface area contributed by atoms with Crippen LogP contribution in [0.25, 0.3) is 0 Å². The number of rotatable bonds is 5. The van der Waals surface area contributed by atoms with Gasteiger partial charge in [0.05, 0.1) is 5.02 Å². The minimum atomic E-state index is 0.188. The lowest BCUT2D eigenvalue weighted by molar-refractivity contribution is 0.478. The van der Waals surface area contributed by atoms with Gasteiger partial charge in [-0.15, -0.1) is 0 Å². The predicted molar refractivity (Wildman–Crippen MR) is 93.9 cm³/mol. The van der Waals surface area contributed by atoms with E-state index in [0.717, 1.165) is 23.1 Å². The van der Waals surface area contributed by atoms with E-state index in [4.69, 9.17) is 16.3 Å². The molecular weight excluding hydrogens is 348 g/mol. The van der Waals surface area contributed by atoms with E-state index in [-0.39, 0.29) is 5.41 Å². The summed E-state index contributed by atoms with van der Waals surface area (Å²) in [7, 11) is 0. The molecule has 0 atom stereocenters. The fourth-order valence-corrected chi connectivity index (χ4v) is 2.61. The van der Waals surface area contributed by atoms with Crippen molar-refractivity contribution in [1.29, 1.82) is 0 Å². The molecule has 0 spiro atoms. The standard InChI is InChI=1S/C18H20BrClO/c1-4-18(2,3)14-6-8-15(9-7-14)21-17-10-5-13(12-19)11-16(17)20/h5-11H,4,12H2,1-3H3. The maximum atomic E-state index is 6.24. The highest BCUT2D eigenvalue weighted by atomic mass is 79.9. The summed E-state index contributed by atoms with van der Waals surface area (Å²) in [5.74, 6) is 1.49. The maximum Gasteiger partial charge on any atom is 0.146 e. The number of hydrogen-bond donors (Lipinski definition) is 0. The Labute approximate surface area is 140 Å². The van der Waals surface area contributed by atoms with E-state index in [1.165, 1.54) is 5.56 Å². The van der Waals surface area contributed by atoms with Crippen molar-refractivity contribution in [3.05, 3.63) is 58.6 Å². The quantitative estimate of drug-likeness (QED) is 0.533. The Morgan fingerprint density at radius 2 is 1.76 bits per heavy atom. The molecule has 0 aliphatic carbocycles. The monoisotopic (exact) mass is 366 g/mol. The average molecular weight is 368 g/mol. The Hall–Kier alpha value is -0.990. The van der Waals surface area contributed by atoms with Gasteiger partial charge in [-0.1, -0.05) is 66.5 Å². The average Bonchev–Trinajstić information content (AvgIpc) is 2.50. The van der Waals surface area contributed by atoms with Crippen LogP contribution < -0.4 is 4.74 Å². The molecule has 112 valence electrons. The van der Waals surface area contributed by atoms with Crippen molar-refractivity contribution in [2.45, 2.75) is 37.9 Å². The normalized spacial score (nSPS) is 11.5. The Morgan fingerprint density at radius 3 is 2.29 bits per heavy atom. The molecule has 0 unspecified atom stereocenters. The number of ether oxygens (including phenoxy) is 1. The van der Waals surface area contributed by atoms with Gasteiger partial charge >= 0.3 is 0 Å². The fourth-order valence-electron chi connectivity index (χ4n) is 2.02. The molecule has 3 heteroatoms. The van der Waals surface area contributed by atoms with Crippen molar-refractivity contribution in [3.8, 4) is 11.5 Å². The molecular formula is C18H20BrClO. The van der Waals surface area contributed by atoms with E-state index in [2.05, 4.69) is 48.8 Å². The van der Waals surface area contributed by atoms with Crippen LogP contribution >= 0.6 is 27.5 Å². The minimum absolute atomic E-state index is 0.188. The molecule has 0 N–H and O–H groups in total. The summed E-state index contributed by atoms with van der Waals surface area (Å²) >= 11 is 9.66. The van der Waals surface area contributed by atoms with Gasteiger partial charge in [0.15, 0.2) is 0 Å². The second-order valence-electron chi connectivity index (χ2n) is 5.76. The lowest BCUT2D eigenvalue weighted by Gasteiger charge is -2.23. The molecule has 2 aromatic rings. The third-order valence-electron chi connectivity index (χ3n) is 3.90. The second kappa shape index (κ2) is 6.85. The van der Waals surface area contributed by atoms with E-state index in [1.54, 1.807) is 0 Å². The van der Waals surface area contributed by atoms with E-state index < -0.39 is 0 Å². The van der Waals surface area contributed by atoms with Crippen LogP contribution in [0.2, 0.25) is 5.02 Å². The first-order chi connectivity index (χ1) is 9.96. The molecule has 0 saturated carbocycles. The summed E-state index contributed by atoms with van der Waals surface area (Å²) in [4.78, 5) is 0. The smallest absolute Gasteiger partial charge is 0.146 e. The summed E-state index contributed by atoms with van der Waals surface area (Å²) in [6, 6.07) is 14.1. The number of hydrogen-bond acceptors (Lipinski definition) is 1. The molecule has 1 nitrogen and oxygen atoms in total. The van der Waals surface area contributed by atoms with Crippen molar-refractivity contribution in [1.82, 2.24) is 0 Å². The molecule has 0 fully saturated rings. The Morgan fingerprint density at radius 1 is 1.10 bits per heavy atom. The third-order valence-corrected chi connectivity index (χ3v) is 4.84. The van der Waals surface area contributed by atoms with Gasteiger partial charge in [0.2, 0.25) is 0 Å². The summed E-state index contributed by atoms with van der Waals surface area (Å²) < 4.78 is 5.86. The molecule has 0 heterocycles. The summed E-state index contributed by atoms with van der Waals surface area (Å²) in [5.41, 5.74) is 2.64. The van der Waals surface area contributed by atoms with Crippen LogP contribution in [0.4, 0.5) is 0 Å². The van der Waals surface area contributed by atoms with E-state index in [1.807, 2.05) is 30.3 Å². The third kappa shape index (κ3) is 4.02. The van der Waals surface area contributed by atoms with Gasteiger partial charge in [0.25, 0.3) is 0 Å². The Kier molecular flexibility index (Phi) is 5.34. The van der Waals surface area contributed by atoms with Gasteiger partial charge < -0.3 is 4.74 Å². The molecule has 21 heavy (non-hydrogen) atoms. The molecule has 0 radical (unpaired) electrons. The zero-order valence-corrected chi connectivity index (χ0v) is 15.0. The SMILES string of the molecule is CCC(C)(C)c1ccc(Oc2ccc(CBr)cc2Cl)cc1. The summed E-state index contributed by atoms with van der Waals surface area (Å²) in [6.45, 7) is 6.70. The molecule has 0 aliphatic heterocycles. The van der Waals surface area contributed by atoms with Gasteiger partial charge in [-0.05, 0) is 47.2 Å². The van der Waals surface area contributed by atoms with E-state index in [9.17, 15) is 0 Å². The van der Waals surface area contributed by atoms with Crippen LogP contribution in [-0.4, -0.2) is 0 Å². The van der Waals surface area contributed by atoms with Crippen molar-refractivity contribution in [2.75, 3.05) is 0 Å². The minimum Gasteiger partial charge on any atom is -0.456 e. The van der Waals surface area contributed by atoms with Crippen molar-refractivity contribution in [2.24, 2.45) is 0 Å². The van der Waals surface area contributed by atoms with Crippen molar-refractivity contribution < 1.29 is 4.74 Å². The first-order valence-corrected chi connectivity index (χ1v) is 8.59. The van der Waals surface area contributed by atoms with Gasteiger partial charge in [0.1, 0.15) is 11.5 Å². The molecule has 2 aromatic carbocycles. The fraction of sp³-hybridized carbons (Fsp3) is 0.333. The first-order valence-electron chi connectivity index (χ1n) is 7.09. The number of alkyl halides is 1. The lowest BCUT2D eigenvalue weighted by atomic mass is 9.82. The predicted octanol–water partition coefficient (Wildman–Crippen LogP) is 6.71. The van der Waals surface area contributed by atoms with Crippen molar-refractivity contribution >= 4 is 27.5 Å². The highest BCUT2D eigenvalue weighted by molar-refractivity contribution is 9.08. The van der Waals surface area contributed by atoms with E-state index in [0.29, 0.717) is 10.8 Å². The number of benzene rings is 2. The van der Waals surface area contributed by atoms with Gasteiger partial charge in [-0.2, -0.15) is 0 Å². The lowest BCUT2D eigenvalue weighted by Crippen LogP contribution is -2.14. The topological polar surface area (TPSA) is 9.23 Å². The number of halogens is 2. The first kappa shape index (κ1) is 16.4. The molecule has 0 saturated heterocycles. The maximum absolute atomic E-state index is 6.24. The van der Waals surface area contributed by atoms with Crippen LogP contribution in [0.3, 0.4) is 0 Å². The van der Waals surface area contributed by atoms with Gasteiger partial charge in [0, 0.05) is 5.33 Å². The zero-order chi connectivity index (χ0) is 15.5. The van der Waals surface area contributed by atoms with Crippen LogP contribution in [0.15, 0.2) is 42.5 Å². The zero-order valence-electron chi connectivity index (χ0n) is 12.6. The second-order valence-corrected chi connectivity index (χ2v) is 6.73. The highest BCUT2D eigenvalue weighted by Crippen LogP contribution is 2.33. The van der Waals surface area contributed by atoms with Gasteiger partial charge in [-0.3, -0.25) is 0 Å². The highest BCUT2D eigenvalue weighted by Gasteiger charge is 2.17. The molecule has 0 aromatic heterocycles. The molecule has 0 bridgehead atoms. The summed E-state index contributed by atoms with van der Waals surface area (Å²) in [6.07, 6.45) is 1.10. The largest absolute Gasteiger partial charge is 0.456 e. The summed E-state index contributed by atoms with van der Waals surface area (Å²) in [5, 5.41) is 1.42. The molecule has 2 rings (SSSR count). The van der Waals surface area contributed by atoms with Crippen LogP contribution in [0.5, 0.6) is 11.5 Å². The van der Waals surface area contributed by atoms with Gasteiger partial charge in [-0.25, -0.2) is 0 Å². The molecule has 0 aliphatic rings.